The highest BCUT2D eigenvalue weighted by Gasteiger charge is 2.20. The van der Waals surface area contributed by atoms with E-state index in [9.17, 15) is 4.79 Å². The van der Waals surface area contributed by atoms with Crippen LogP contribution in [0.5, 0.6) is 0 Å². The van der Waals surface area contributed by atoms with Crippen LogP contribution in [0.2, 0.25) is 0 Å². The molecule has 0 fully saturated rings. The van der Waals surface area contributed by atoms with Crippen molar-refractivity contribution in [3.63, 3.8) is 0 Å². The third-order valence-corrected chi connectivity index (χ3v) is 4.89. The van der Waals surface area contributed by atoms with E-state index in [-0.39, 0.29) is 11.7 Å². The van der Waals surface area contributed by atoms with Crippen LogP contribution in [0.15, 0.2) is 103 Å². The van der Waals surface area contributed by atoms with E-state index in [4.69, 9.17) is 0 Å². The quantitative estimate of drug-likeness (QED) is 0.394. The van der Waals surface area contributed by atoms with Crippen molar-refractivity contribution < 1.29 is 4.79 Å². The van der Waals surface area contributed by atoms with E-state index in [2.05, 4.69) is 54.6 Å². The van der Waals surface area contributed by atoms with Gasteiger partial charge in [0.1, 0.15) is 0 Å². The van der Waals surface area contributed by atoms with Gasteiger partial charge in [0.05, 0.1) is 0 Å². The normalized spacial score (nSPS) is 12.0. The molecule has 0 saturated carbocycles. The van der Waals surface area contributed by atoms with Crippen molar-refractivity contribution in [2.75, 3.05) is 0 Å². The number of carbonyl (C=O) groups excluding carboxylic acids is 1. The molecule has 0 aliphatic carbocycles. The van der Waals surface area contributed by atoms with Gasteiger partial charge in [-0.05, 0) is 21.9 Å². The van der Waals surface area contributed by atoms with Gasteiger partial charge < -0.3 is 0 Å². The third-order valence-electron chi connectivity index (χ3n) is 4.89. The van der Waals surface area contributed by atoms with Crippen molar-refractivity contribution in [3.8, 4) is 0 Å². The number of hydrogen-bond acceptors (Lipinski definition) is 1. The summed E-state index contributed by atoms with van der Waals surface area (Å²) in [6.07, 6.45) is 0.460. The fraction of sp³-hybridized carbons (Fsp3) is 0.0800. The van der Waals surface area contributed by atoms with Gasteiger partial charge in [0, 0.05) is 17.9 Å². The van der Waals surface area contributed by atoms with Gasteiger partial charge in [-0.1, -0.05) is 103 Å². The summed E-state index contributed by atoms with van der Waals surface area (Å²) >= 11 is 0. The minimum absolute atomic E-state index is 0.0370. The molecule has 4 aromatic carbocycles. The van der Waals surface area contributed by atoms with Crippen LogP contribution in [-0.2, 0) is 0 Å². The molecule has 0 heterocycles. The fourth-order valence-electron chi connectivity index (χ4n) is 3.57. The lowest BCUT2D eigenvalue weighted by Gasteiger charge is -2.19. The SMILES string of the molecule is O=C(CC(c1ccccc1)c1cccc2ccccc12)c1ccccc1. The zero-order valence-corrected chi connectivity index (χ0v) is 14.5. The highest BCUT2D eigenvalue weighted by atomic mass is 16.1. The van der Waals surface area contributed by atoms with Gasteiger partial charge in [0.2, 0.25) is 0 Å². The molecule has 1 heteroatoms. The predicted molar refractivity (Wildman–Crippen MR) is 108 cm³/mol. The molecule has 0 radical (unpaired) electrons. The second kappa shape index (κ2) is 7.37. The number of benzene rings is 4. The van der Waals surface area contributed by atoms with Crippen LogP contribution in [0.3, 0.4) is 0 Å². The van der Waals surface area contributed by atoms with Gasteiger partial charge in [-0.25, -0.2) is 0 Å². The lowest BCUT2D eigenvalue weighted by molar-refractivity contribution is 0.0978. The van der Waals surface area contributed by atoms with Crippen LogP contribution < -0.4 is 0 Å². The summed E-state index contributed by atoms with van der Waals surface area (Å²) in [5.74, 6) is 0.211. The molecule has 0 saturated heterocycles. The Hall–Kier alpha value is -3.19. The molecule has 1 atom stereocenters. The molecule has 0 spiro atoms. The molecule has 0 aromatic heterocycles. The van der Waals surface area contributed by atoms with Crippen LogP contribution in [0, 0.1) is 0 Å². The second-order valence-corrected chi connectivity index (χ2v) is 6.52. The van der Waals surface area contributed by atoms with Crippen molar-refractivity contribution in [1.29, 1.82) is 0 Å². The molecule has 1 unspecified atom stereocenters. The van der Waals surface area contributed by atoms with E-state index in [1.54, 1.807) is 0 Å². The number of rotatable bonds is 5. The van der Waals surface area contributed by atoms with Gasteiger partial charge in [0.25, 0.3) is 0 Å². The molecule has 26 heavy (non-hydrogen) atoms. The number of hydrogen-bond donors (Lipinski definition) is 0. The minimum atomic E-state index is 0.0370. The Morgan fingerprint density at radius 3 is 2.04 bits per heavy atom. The van der Waals surface area contributed by atoms with Gasteiger partial charge in [0.15, 0.2) is 5.78 Å². The first-order valence-electron chi connectivity index (χ1n) is 8.94. The average molecular weight is 336 g/mol. The Bertz CT molecular complexity index is 1010. The van der Waals surface area contributed by atoms with E-state index in [0.29, 0.717) is 6.42 Å². The monoisotopic (exact) mass is 336 g/mol. The van der Waals surface area contributed by atoms with E-state index in [0.717, 1.165) is 5.56 Å². The third kappa shape index (κ3) is 3.29. The minimum Gasteiger partial charge on any atom is -0.294 e. The molecule has 0 N–H and O–H groups in total. The molecular formula is C25H20O. The zero-order chi connectivity index (χ0) is 17.8. The summed E-state index contributed by atoms with van der Waals surface area (Å²) in [7, 11) is 0. The van der Waals surface area contributed by atoms with E-state index >= 15 is 0 Å². The maximum Gasteiger partial charge on any atom is 0.163 e. The van der Waals surface area contributed by atoms with Gasteiger partial charge >= 0.3 is 0 Å². The molecule has 0 amide bonds. The number of fused-ring (bicyclic) bond motifs is 1. The fourth-order valence-corrected chi connectivity index (χ4v) is 3.57. The summed E-state index contributed by atoms with van der Waals surface area (Å²) in [4.78, 5) is 12.9. The topological polar surface area (TPSA) is 17.1 Å². The lowest BCUT2D eigenvalue weighted by atomic mass is 9.83. The Balaban J connectivity index is 1.80. The van der Waals surface area contributed by atoms with E-state index < -0.39 is 0 Å². The zero-order valence-electron chi connectivity index (χ0n) is 14.5. The number of Topliss-reactive ketones (excluding diaryl/α,β-unsaturated/α-hetero) is 1. The average Bonchev–Trinajstić information content (AvgIpc) is 2.73. The molecular weight excluding hydrogens is 316 g/mol. The lowest BCUT2D eigenvalue weighted by Crippen LogP contribution is -2.09. The second-order valence-electron chi connectivity index (χ2n) is 6.52. The number of carbonyl (C=O) groups is 1. The maximum absolute atomic E-state index is 12.9. The Morgan fingerprint density at radius 2 is 1.27 bits per heavy atom. The highest BCUT2D eigenvalue weighted by molar-refractivity contribution is 5.97. The summed E-state index contributed by atoms with van der Waals surface area (Å²) in [5, 5.41) is 2.42. The molecule has 4 rings (SSSR count). The molecule has 0 bridgehead atoms. The molecule has 0 aliphatic rings. The highest BCUT2D eigenvalue weighted by Crippen LogP contribution is 2.34. The van der Waals surface area contributed by atoms with Crippen LogP contribution in [0.4, 0.5) is 0 Å². The summed E-state index contributed by atoms with van der Waals surface area (Å²) in [6, 6.07) is 34.7. The first-order valence-corrected chi connectivity index (χ1v) is 8.94. The largest absolute Gasteiger partial charge is 0.294 e. The summed E-state index contributed by atoms with van der Waals surface area (Å²) in [6.45, 7) is 0. The summed E-state index contributed by atoms with van der Waals surface area (Å²) < 4.78 is 0. The first-order chi connectivity index (χ1) is 12.8. The van der Waals surface area contributed by atoms with Crippen molar-refractivity contribution in [2.45, 2.75) is 12.3 Å². The van der Waals surface area contributed by atoms with Crippen LogP contribution in [-0.4, -0.2) is 5.78 Å². The molecule has 126 valence electrons. The van der Waals surface area contributed by atoms with E-state index in [1.165, 1.54) is 21.9 Å². The van der Waals surface area contributed by atoms with Crippen LogP contribution >= 0.6 is 0 Å². The Kier molecular flexibility index (Phi) is 4.61. The standard InChI is InChI=1S/C25H20O/c26-25(21-13-5-2-6-14-21)18-24(20-10-3-1-4-11-20)23-17-9-15-19-12-7-8-16-22(19)23/h1-17,24H,18H2. The van der Waals surface area contributed by atoms with Crippen LogP contribution in [0.25, 0.3) is 10.8 Å². The van der Waals surface area contributed by atoms with E-state index in [1.807, 2.05) is 48.5 Å². The van der Waals surface area contributed by atoms with Gasteiger partial charge in [-0.2, -0.15) is 0 Å². The smallest absolute Gasteiger partial charge is 0.163 e. The Morgan fingerprint density at radius 1 is 0.654 bits per heavy atom. The predicted octanol–water partition coefficient (Wildman–Crippen LogP) is 6.24. The number of ketones is 1. The van der Waals surface area contributed by atoms with Crippen molar-refractivity contribution in [3.05, 3.63) is 120 Å². The van der Waals surface area contributed by atoms with Crippen LogP contribution in [0.1, 0.15) is 33.8 Å². The molecule has 4 aromatic rings. The first kappa shape index (κ1) is 16.3. The van der Waals surface area contributed by atoms with Crippen molar-refractivity contribution in [2.24, 2.45) is 0 Å². The van der Waals surface area contributed by atoms with Crippen molar-refractivity contribution in [1.82, 2.24) is 0 Å². The maximum atomic E-state index is 12.9. The molecule has 1 nitrogen and oxygen atoms in total. The molecule has 0 aliphatic heterocycles. The Labute approximate surface area is 153 Å². The van der Waals surface area contributed by atoms with Gasteiger partial charge in [-0.3, -0.25) is 4.79 Å². The summed E-state index contributed by atoms with van der Waals surface area (Å²) in [5.41, 5.74) is 3.15. The van der Waals surface area contributed by atoms with Crippen molar-refractivity contribution >= 4 is 16.6 Å². The van der Waals surface area contributed by atoms with Gasteiger partial charge in [-0.15, -0.1) is 0 Å².